The molecule has 1 unspecified atom stereocenters. The Balaban J connectivity index is 1.60. The molecule has 0 radical (unpaired) electrons. The molecule has 2 aliphatic heterocycles. The zero-order valence-corrected chi connectivity index (χ0v) is 15.7. The largest absolute Gasteiger partial charge is 0.498 e. The van der Waals surface area contributed by atoms with E-state index in [0.29, 0.717) is 12.6 Å². The molecular formula is C17H29BN4O3. The Hall–Kier alpha value is -1.22. The third-order valence-electron chi connectivity index (χ3n) is 5.35. The van der Waals surface area contributed by atoms with Crippen molar-refractivity contribution in [2.45, 2.75) is 57.8 Å². The number of rotatable bonds is 5. The third kappa shape index (κ3) is 4.14. The monoisotopic (exact) mass is 348 g/mol. The van der Waals surface area contributed by atoms with Crippen LogP contribution in [0.15, 0.2) is 12.4 Å². The van der Waals surface area contributed by atoms with E-state index in [4.69, 9.17) is 19.8 Å². The van der Waals surface area contributed by atoms with Gasteiger partial charge < -0.3 is 19.8 Å². The number of nitrogens with zero attached hydrogens (tertiary/aromatic N) is 3. The highest BCUT2D eigenvalue weighted by molar-refractivity contribution is 6.61. The molecule has 3 rings (SSSR count). The zero-order valence-electron chi connectivity index (χ0n) is 15.7. The van der Waals surface area contributed by atoms with Gasteiger partial charge in [-0.15, -0.1) is 0 Å². The average molecular weight is 348 g/mol. The second kappa shape index (κ2) is 7.19. The molecule has 2 saturated heterocycles. The molecular weight excluding hydrogens is 319 g/mol. The van der Waals surface area contributed by atoms with Gasteiger partial charge in [0.25, 0.3) is 0 Å². The van der Waals surface area contributed by atoms with Crippen molar-refractivity contribution in [1.82, 2.24) is 14.9 Å². The summed E-state index contributed by atoms with van der Waals surface area (Å²) in [5.41, 5.74) is 5.70. The van der Waals surface area contributed by atoms with Crippen molar-refractivity contribution in [2.75, 3.05) is 26.2 Å². The van der Waals surface area contributed by atoms with E-state index in [1.165, 1.54) is 0 Å². The summed E-state index contributed by atoms with van der Waals surface area (Å²) >= 11 is 0. The van der Waals surface area contributed by atoms with Gasteiger partial charge in [0.05, 0.1) is 11.2 Å². The number of ether oxygens (including phenoxy) is 1. The molecule has 7 nitrogen and oxygen atoms in total. The lowest BCUT2D eigenvalue weighted by Crippen LogP contribution is -2.43. The van der Waals surface area contributed by atoms with Crippen LogP contribution in [0, 0.1) is 0 Å². The van der Waals surface area contributed by atoms with Crippen LogP contribution in [-0.2, 0) is 9.31 Å². The van der Waals surface area contributed by atoms with E-state index < -0.39 is 7.12 Å². The van der Waals surface area contributed by atoms with Gasteiger partial charge in [-0.2, -0.15) is 0 Å². The SMILES string of the molecule is CC1(C)OB(c2cnc(OC3CCCN(CCN)C3)nc2)OC1(C)C. The van der Waals surface area contributed by atoms with Gasteiger partial charge in [-0.1, -0.05) is 0 Å². The lowest BCUT2D eigenvalue weighted by atomic mass is 9.81. The van der Waals surface area contributed by atoms with Crippen LogP contribution in [0.5, 0.6) is 6.01 Å². The Morgan fingerprint density at radius 3 is 2.48 bits per heavy atom. The molecule has 138 valence electrons. The molecule has 0 amide bonds. The van der Waals surface area contributed by atoms with E-state index >= 15 is 0 Å². The highest BCUT2D eigenvalue weighted by Gasteiger charge is 2.52. The second-order valence-electron chi connectivity index (χ2n) is 7.86. The van der Waals surface area contributed by atoms with Gasteiger partial charge in [-0.25, -0.2) is 9.97 Å². The molecule has 0 aliphatic carbocycles. The molecule has 2 N–H and O–H groups in total. The minimum absolute atomic E-state index is 0.114. The molecule has 1 atom stereocenters. The Morgan fingerprint density at radius 1 is 1.24 bits per heavy atom. The van der Waals surface area contributed by atoms with Gasteiger partial charge in [0.2, 0.25) is 0 Å². The molecule has 2 fully saturated rings. The fraction of sp³-hybridized carbons (Fsp3) is 0.765. The summed E-state index contributed by atoms with van der Waals surface area (Å²) in [6.45, 7) is 11.7. The number of nitrogens with two attached hydrogens (primary N) is 1. The summed E-state index contributed by atoms with van der Waals surface area (Å²) in [5, 5.41) is 0. The Bertz CT molecular complexity index is 564. The quantitative estimate of drug-likeness (QED) is 0.780. The van der Waals surface area contributed by atoms with Crippen molar-refractivity contribution in [3.8, 4) is 6.01 Å². The maximum Gasteiger partial charge on any atom is 0.498 e. The van der Waals surface area contributed by atoms with E-state index in [0.717, 1.165) is 37.9 Å². The van der Waals surface area contributed by atoms with Crippen molar-refractivity contribution in [3.63, 3.8) is 0 Å². The van der Waals surface area contributed by atoms with Crippen molar-refractivity contribution in [3.05, 3.63) is 12.4 Å². The molecule has 0 spiro atoms. The van der Waals surface area contributed by atoms with Gasteiger partial charge in [-0.05, 0) is 47.1 Å². The zero-order chi connectivity index (χ0) is 18.1. The summed E-state index contributed by atoms with van der Waals surface area (Å²) in [5.74, 6) is 0. The molecule has 2 aliphatic rings. The number of hydrogen-bond acceptors (Lipinski definition) is 7. The summed E-state index contributed by atoms with van der Waals surface area (Å²) in [6.07, 6.45) is 5.69. The number of piperidine rings is 1. The number of hydrogen-bond donors (Lipinski definition) is 1. The Morgan fingerprint density at radius 2 is 1.88 bits per heavy atom. The van der Waals surface area contributed by atoms with Gasteiger partial charge in [0.1, 0.15) is 6.10 Å². The predicted octanol–water partition coefficient (Wildman–Crippen LogP) is 0.578. The van der Waals surface area contributed by atoms with Crippen LogP contribution in [0.3, 0.4) is 0 Å². The summed E-state index contributed by atoms with van der Waals surface area (Å²) in [4.78, 5) is 11.0. The normalized spacial score (nSPS) is 26.0. The molecule has 1 aromatic rings. The standard InChI is InChI=1S/C17H29BN4O3/c1-16(2)17(3,4)25-18(24-16)13-10-20-15(21-11-13)23-14-6-5-8-22(12-14)9-7-19/h10-11,14H,5-9,12,19H2,1-4H3. The first-order valence-electron chi connectivity index (χ1n) is 9.07. The molecule has 25 heavy (non-hydrogen) atoms. The minimum Gasteiger partial charge on any atom is -0.459 e. The van der Waals surface area contributed by atoms with E-state index in [-0.39, 0.29) is 17.3 Å². The fourth-order valence-corrected chi connectivity index (χ4v) is 3.13. The molecule has 0 saturated carbocycles. The predicted molar refractivity (Wildman–Crippen MR) is 96.9 cm³/mol. The summed E-state index contributed by atoms with van der Waals surface area (Å²) < 4.78 is 18.0. The minimum atomic E-state index is -0.450. The smallest absolute Gasteiger partial charge is 0.459 e. The number of likely N-dealkylation sites (tertiary alicyclic amines) is 1. The fourth-order valence-electron chi connectivity index (χ4n) is 3.13. The Kier molecular flexibility index (Phi) is 5.34. The lowest BCUT2D eigenvalue weighted by molar-refractivity contribution is 0.00578. The molecule has 1 aromatic heterocycles. The summed E-state index contributed by atoms with van der Waals surface area (Å²) in [6, 6.07) is 0.403. The van der Waals surface area contributed by atoms with Gasteiger partial charge >= 0.3 is 13.1 Å². The van der Waals surface area contributed by atoms with Crippen LogP contribution in [0.25, 0.3) is 0 Å². The van der Waals surface area contributed by atoms with E-state index in [2.05, 4.69) is 14.9 Å². The molecule has 8 heteroatoms. The van der Waals surface area contributed by atoms with Crippen LogP contribution < -0.4 is 15.9 Å². The van der Waals surface area contributed by atoms with Gasteiger partial charge in [0, 0.05) is 37.5 Å². The first-order valence-corrected chi connectivity index (χ1v) is 9.07. The van der Waals surface area contributed by atoms with Crippen molar-refractivity contribution >= 4 is 12.6 Å². The van der Waals surface area contributed by atoms with Crippen molar-refractivity contribution < 1.29 is 14.0 Å². The van der Waals surface area contributed by atoms with Crippen LogP contribution in [0.4, 0.5) is 0 Å². The Labute approximate surface area is 150 Å². The third-order valence-corrected chi connectivity index (χ3v) is 5.35. The van der Waals surface area contributed by atoms with Crippen LogP contribution in [0.2, 0.25) is 0 Å². The van der Waals surface area contributed by atoms with E-state index in [1.54, 1.807) is 12.4 Å². The van der Waals surface area contributed by atoms with Crippen LogP contribution in [0.1, 0.15) is 40.5 Å². The first kappa shape index (κ1) is 18.6. The summed E-state index contributed by atoms with van der Waals surface area (Å²) in [7, 11) is -0.450. The van der Waals surface area contributed by atoms with E-state index in [9.17, 15) is 0 Å². The van der Waals surface area contributed by atoms with Gasteiger partial charge in [-0.3, -0.25) is 4.90 Å². The highest BCUT2D eigenvalue weighted by atomic mass is 16.7. The lowest BCUT2D eigenvalue weighted by Gasteiger charge is -2.32. The topological polar surface area (TPSA) is 82.7 Å². The van der Waals surface area contributed by atoms with Crippen LogP contribution in [-0.4, -0.2) is 65.5 Å². The van der Waals surface area contributed by atoms with Crippen molar-refractivity contribution in [2.24, 2.45) is 5.73 Å². The first-order chi connectivity index (χ1) is 11.8. The van der Waals surface area contributed by atoms with E-state index in [1.807, 2.05) is 27.7 Å². The maximum atomic E-state index is 6.02. The second-order valence-corrected chi connectivity index (χ2v) is 7.86. The maximum absolute atomic E-state index is 6.02. The molecule has 3 heterocycles. The van der Waals surface area contributed by atoms with Crippen molar-refractivity contribution in [1.29, 1.82) is 0 Å². The molecule has 0 aromatic carbocycles. The average Bonchev–Trinajstić information content (AvgIpc) is 2.77. The van der Waals surface area contributed by atoms with Gasteiger partial charge in [0.15, 0.2) is 0 Å². The van der Waals surface area contributed by atoms with Crippen LogP contribution >= 0.6 is 0 Å². The molecule has 0 bridgehead atoms. The highest BCUT2D eigenvalue weighted by Crippen LogP contribution is 2.36. The number of aromatic nitrogens is 2.